The van der Waals surface area contributed by atoms with Crippen molar-refractivity contribution in [1.29, 1.82) is 0 Å². The Labute approximate surface area is 192 Å². The lowest BCUT2D eigenvalue weighted by Gasteiger charge is -2.15. The molecule has 1 unspecified atom stereocenters. The van der Waals surface area contributed by atoms with Crippen molar-refractivity contribution in [3.05, 3.63) is 59.9 Å². The fourth-order valence-corrected chi connectivity index (χ4v) is 3.88. The first-order valence-corrected chi connectivity index (χ1v) is 11.3. The second-order valence-electron chi connectivity index (χ2n) is 6.93. The smallest absolute Gasteiger partial charge is 0.230 e. The average molecular weight is 457 g/mol. The molecule has 1 heterocycles. The fourth-order valence-electron chi connectivity index (χ4n) is 3.04. The third-order valence-corrected chi connectivity index (χ3v) is 5.75. The van der Waals surface area contributed by atoms with Gasteiger partial charge in [0, 0.05) is 13.1 Å². The zero-order valence-electron chi connectivity index (χ0n) is 18.7. The van der Waals surface area contributed by atoms with E-state index in [9.17, 15) is 4.79 Å². The number of methoxy groups -OCH3 is 2. The van der Waals surface area contributed by atoms with Crippen LogP contribution >= 0.6 is 11.8 Å². The first-order chi connectivity index (χ1) is 15.5. The summed E-state index contributed by atoms with van der Waals surface area (Å²) < 4.78 is 18.3. The largest absolute Gasteiger partial charge is 0.497 e. The van der Waals surface area contributed by atoms with E-state index >= 15 is 0 Å². The molecule has 32 heavy (non-hydrogen) atoms. The summed E-state index contributed by atoms with van der Waals surface area (Å²) in [5, 5.41) is 12.2. The van der Waals surface area contributed by atoms with Gasteiger partial charge in [0.05, 0.1) is 20.0 Å². The SMILES string of the molecule is CCn1c(SCC(=O)NCc2ccc(OC)cc2)nnc1C(C)Oc1ccc(OC)cc1. The van der Waals surface area contributed by atoms with Gasteiger partial charge in [-0.2, -0.15) is 0 Å². The highest BCUT2D eigenvalue weighted by atomic mass is 32.2. The van der Waals surface area contributed by atoms with Crippen LogP contribution in [0.4, 0.5) is 0 Å². The van der Waals surface area contributed by atoms with Gasteiger partial charge >= 0.3 is 0 Å². The molecule has 0 aliphatic rings. The van der Waals surface area contributed by atoms with E-state index in [-0.39, 0.29) is 17.8 Å². The lowest BCUT2D eigenvalue weighted by atomic mass is 10.2. The zero-order valence-corrected chi connectivity index (χ0v) is 19.5. The van der Waals surface area contributed by atoms with Crippen molar-refractivity contribution in [2.45, 2.75) is 38.2 Å². The van der Waals surface area contributed by atoms with E-state index in [1.807, 2.05) is 66.9 Å². The molecule has 0 saturated heterocycles. The summed E-state index contributed by atoms with van der Waals surface area (Å²) in [4.78, 5) is 12.3. The molecule has 9 heteroatoms. The molecule has 0 bridgehead atoms. The number of hydrogen-bond acceptors (Lipinski definition) is 7. The Morgan fingerprint density at radius 3 is 2.19 bits per heavy atom. The van der Waals surface area contributed by atoms with Crippen LogP contribution in [0.2, 0.25) is 0 Å². The highest BCUT2D eigenvalue weighted by Crippen LogP contribution is 2.26. The molecule has 0 aliphatic heterocycles. The normalized spacial score (nSPS) is 11.6. The Hall–Kier alpha value is -3.20. The Morgan fingerprint density at radius 2 is 1.59 bits per heavy atom. The molecule has 0 spiro atoms. The van der Waals surface area contributed by atoms with Crippen LogP contribution in [0.25, 0.3) is 0 Å². The molecule has 1 N–H and O–H groups in total. The summed E-state index contributed by atoms with van der Waals surface area (Å²) in [5.74, 6) is 3.17. The summed E-state index contributed by atoms with van der Waals surface area (Å²) >= 11 is 1.36. The maximum absolute atomic E-state index is 12.3. The van der Waals surface area contributed by atoms with Crippen molar-refractivity contribution >= 4 is 17.7 Å². The summed E-state index contributed by atoms with van der Waals surface area (Å²) in [7, 11) is 3.25. The van der Waals surface area contributed by atoms with E-state index in [0.717, 1.165) is 22.8 Å². The molecule has 3 rings (SSSR count). The summed E-state index contributed by atoms with van der Waals surface area (Å²) in [5.41, 5.74) is 1.01. The van der Waals surface area contributed by atoms with Crippen molar-refractivity contribution < 1.29 is 19.0 Å². The topological polar surface area (TPSA) is 87.5 Å². The number of aromatic nitrogens is 3. The number of hydrogen-bond donors (Lipinski definition) is 1. The van der Waals surface area contributed by atoms with E-state index in [0.29, 0.717) is 24.1 Å². The van der Waals surface area contributed by atoms with E-state index < -0.39 is 0 Å². The number of amides is 1. The molecule has 0 aliphatic carbocycles. The number of ether oxygens (including phenoxy) is 3. The Kier molecular flexibility index (Phi) is 8.38. The lowest BCUT2D eigenvalue weighted by Crippen LogP contribution is -2.24. The minimum absolute atomic E-state index is 0.0689. The number of carbonyl (C=O) groups excluding carboxylic acids is 1. The standard InChI is InChI=1S/C23H28N4O4S/c1-5-27-22(16(2)31-20-12-10-19(30-4)11-13-20)25-26-23(27)32-15-21(28)24-14-17-6-8-18(29-3)9-7-17/h6-13,16H,5,14-15H2,1-4H3,(H,24,28). The number of thioether (sulfide) groups is 1. The number of carbonyl (C=O) groups is 1. The van der Waals surface area contributed by atoms with Gasteiger partial charge in [-0.15, -0.1) is 10.2 Å². The van der Waals surface area contributed by atoms with Crippen LogP contribution in [0, 0.1) is 0 Å². The van der Waals surface area contributed by atoms with Gasteiger partial charge < -0.3 is 24.1 Å². The first kappa shape index (κ1) is 23.5. The number of benzene rings is 2. The minimum Gasteiger partial charge on any atom is -0.497 e. The Balaban J connectivity index is 1.54. The summed E-state index contributed by atoms with van der Waals surface area (Å²) in [6, 6.07) is 15.0. The van der Waals surface area contributed by atoms with Gasteiger partial charge in [0.25, 0.3) is 0 Å². The molecule has 0 fully saturated rings. The lowest BCUT2D eigenvalue weighted by molar-refractivity contribution is -0.118. The van der Waals surface area contributed by atoms with Crippen LogP contribution < -0.4 is 19.5 Å². The van der Waals surface area contributed by atoms with E-state index in [1.165, 1.54) is 11.8 Å². The predicted molar refractivity (Wildman–Crippen MR) is 123 cm³/mol. The fraction of sp³-hybridized carbons (Fsp3) is 0.348. The molecule has 170 valence electrons. The third kappa shape index (κ3) is 6.16. The Bertz CT molecular complexity index is 1010. The van der Waals surface area contributed by atoms with Crippen LogP contribution in [-0.2, 0) is 17.9 Å². The first-order valence-electron chi connectivity index (χ1n) is 10.3. The zero-order chi connectivity index (χ0) is 22.9. The second kappa shape index (κ2) is 11.4. The highest BCUT2D eigenvalue weighted by molar-refractivity contribution is 7.99. The molecular weight excluding hydrogens is 428 g/mol. The van der Waals surface area contributed by atoms with E-state index in [2.05, 4.69) is 15.5 Å². The van der Waals surface area contributed by atoms with E-state index in [1.54, 1.807) is 14.2 Å². The van der Waals surface area contributed by atoms with Crippen LogP contribution in [0.1, 0.15) is 31.3 Å². The molecule has 1 amide bonds. The Morgan fingerprint density at radius 1 is 1.00 bits per heavy atom. The molecule has 1 atom stereocenters. The molecule has 2 aromatic carbocycles. The van der Waals surface area contributed by atoms with Crippen molar-refractivity contribution in [2.24, 2.45) is 0 Å². The van der Waals surface area contributed by atoms with Crippen LogP contribution in [-0.4, -0.2) is 40.6 Å². The summed E-state index contributed by atoms with van der Waals surface area (Å²) in [6.07, 6.45) is -0.297. The third-order valence-electron chi connectivity index (χ3n) is 4.78. The molecular formula is C23H28N4O4S. The second-order valence-corrected chi connectivity index (χ2v) is 7.88. The van der Waals surface area contributed by atoms with Gasteiger partial charge in [-0.05, 0) is 55.8 Å². The summed E-state index contributed by atoms with van der Waals surface area (Å²) in [6.45, 7) is 5.08. The van der Waals surface area contributed by atoms with Gasteiger partial charge in [-0.3, -0.25) is 4.79 Å². The van der Waals surface area contributed by atoms with Crippen LogP contribution in [0.5, 0.6) is 17.2 Å². The van der Waals surface area contributed by atoms with Gasteiger partial charge in [0.2, 0.25) is 5.91 Å². The van der Waals surface area contributed by atoms with Crippen LogP contribution in [0.3, 0.4) is 0 Å². The molecule has 0 radical (unpaired) electrons. The van der Waals surface area contributed by atoms with Crippen molar-refractivity contribution in [2.75, 3.05) is 20.0 Å². The van der Waals surface area contributed by atoms with Gasteiger partial charge in [-0.1, -0.05) is 23.9 Å². The maximum Gasteiger partial charge on any atom is 0.230 e. The quantitative estimate of drug-likeness (QED) is 0.438. The maximum atomic E-state index is 12.3. The minimum atomic E-state index is -0.297. The van der Waals surface area contributed by atoms with Crippen molar-refractivity contribution in [3.8, 4) is 17.2 Å². The number of nitrogens with zero attached hydrogens (tertiary/aromatic N) is 3. The van der Waals surface area contributed by atoms with Gasteiger partial charge in [0.15, 0.2) is 17.1 Å². The molecule has 1 aromatic heterocycles. The van der Waals surface area contributed by atoms with Gasteiger partial charge in [0.1, 0.15) is 17.2 Å². The van der Waals surface area contributed by atoms with Gasteiger partial charge in [-0.25, -0.2) is 0 Å². The number of rotatable bonds is 11. The number of nitrogens with one attached hydrogen (secondary N) is 1. The van der Waals surface area contributed by atoms with Crippen molar-refractivity contribution in [3.63, 3.8) is 0 Å². The highest BCUT2D eigenvalue weighted by Gasteiger charge is 2.19. The van der Waals surface area contributed by atoms with E-state index in [4.69, 9.17) is 14.2 Å². The molecule has 8 nitrogen and oxygen atoms in total. The predicted octanol–water partition coefficient (Wildman–Crippen LogP) is 3.86. The monoisotopic (exact) mass is 456 g/mol. The average Bonchev–Trinajstić information content (AvgIpc) is 3.25. The molecule has 3 aromatic rings. The molecule has 0 saturated carbocycles. The van der Waals surface area contributed by atoms with Crippen LogP contribution in [0.15, 0.2) is 53.7 Å². The van der Waals surface area contributed by atoms with Crippen molar-refractivity contribution in [1.82, 2.24) is 20.1 Å².